The molecule has 7 nitrogen and oxygen atoms in total. The van der Waals surface area contributed by atoms with Gasteiger partial charge >= 0.3 is 0 Å². The summed E-state index contributed by atoms with van der Waals surface area (Å²) in [5, 5.41) is 0.787. The molecule has 0 bridgehead atoms. The van der Waals surface area contributed by atoms with Gasteiger partial charge in [-0.2, -0.15) is 4.31 Å². The molecule has 2 heterocycles. The highest BCUT2D eigenvalue weighted by Gasteiger charge is 2.26. The van der Waals surface area contributed by atoms with E-state index >= 15 is 0 Å². The molecule has 4 rings (SSSR count). The number of ether oxygens (including phenoxy) is 1. The van der Waals surface area contributed by atoms with Crippen LogP contribution in [0.1, 0.15) is 16.7 Å². The Morgan fingerprint density at radius 2 is 1.81 bits per heavy atom. The maximum Gasteiger partial charge on any atom is 0.252 e. The largest absolute Gasteiger partial charge is 0.497 e. The molecule has 0 fully saturated rings. The third kappa shape index (κ3) is 4.56. The van der Waals surface area contributed by atoms with Crippen molar-refractivity contribution < 1.29 is 13.2 Å². The number of H-pyrrole nitrogens is 1. The summed E-state index contributed by atoms with van der Waals surface area (Å²) in [7, 11) is -2.31. The highest BCUT2D eigenvalue weighted by Crippen LogP contribution is 2.23. The van der Waals surface area contributed by atoms with Crippen molar-refractivity contribution in [2.45, 2.75) is 24.9 Å². The van der Waals surface area contributed by atoms with Gasteiger partial charge in [0.1, 0.15) is 5.75 Å². The topological polar surface area (TPSA) is 92.4 Å². The molecule has 1 N–H and O–H groups in total. The SMILES string of the molecule is COc1ccc2cc(CN(Cc3cccnc3)S(=O)(=O)c3ccc(C)cc3)c(=O)[nH]c2c1. The highest BCUT2D eigenvalue weighted by molar-refractivity contribution is 7.89. The van der Waals surface area contributed by atoms with E-state index in [1.807, 2.05) is 19.1 Å². The van der Waals surface area contributed by atoms with Crippen LogP contribution >= 0.6 is 0 Å². The third-order valence-electron chi connectivity index (χ3n) is 5.22. The van der Waals surface area contributed by atoms with Crippen molar-refractivity contribution in [3.63, 3.8) is 0 Å². The molecule has 0 atom stereocenters. The highest BCUT2D eigenvalue weighted by atomic mass is 32.2. The fourth-order valence-electron chi connectivity index (χ4n) is 3.44. The van der Waals surface area contributed by atoms with E-state index in [0.29, 0.717) is 16.8 Å². The molecule has 164 valence electrons. The van der Waals surface area contributed by atoms with Gasteiger partial charge in [0, 0.05) is 37.1 Å². The molecule has 4 aromatic rings. The van der Waals surface area contributed by atoms with Gasteiger partial charge in [-0.1, -0.05) is 23.8 Å². The number of hydrogen-bond acceptors (Lipinski definition) is 5. The molecule has 0 aliphatic rings. The zero-order valence-corrected chi connectivity index (χ0v) is 18.6. The van der Waals surface area contributed by atoms with Crippen LogP contribution in [0.3, 0.4) is 0 Å². The lowest BCUT2D eigenvalue weighted by Gasteiger charge is -2.22. The molecule has 0 aliphatic heterocycles. The van der Waals surface area contributed by atoms with Crippen LogP contribution in [0.4, 0.5) is 0 Å². The molecule has 0 spiro atoms. The summed E-state index contributed by atoms with van der Waals surface area (Å²) < 4.78 is 33.5. The van der Waals surface area contributed by atoms with Crippen molar-refractivity contribution in [2.75, 3.05) is 7.11 Å². The molecule has 0 aliphatic carbocycles. The first-order valence-electron chi connectivity index (χ1n) is 10.0. The number of aryl methyl sites for hydroxylation is 1. The molecular weight excluding hydrogens is 426 g/mol. The Morgan fingerprint density at radius 1 is 1.03 bits per heavy atom. The number of nitrogens with one attached hydrogen (secondary N) is 1. The zero-order valence-electron chi connectivity index (χ0n) is 17.8. The quantitative estimate of drug-likeness (QED) is 0.465. The minimum absolute atomic E-state index is 0.0809. The number of nitrogens with zero attached hydrogens (tertiary/aromatic N) is 2. The van der Waals surface area contributed by atoms with Crippen LogP contribution in [0.5, 0.6) is 5.75 Å². The minimum atomic E-state index is -3.86. The Balaban J connectivity index is 1.76. The first-order chi connectivity index (χ1) is 15.4. The van der Waals surface area contributed by atoms with Gasteiger partial charge in [0.05, 0.1) is 17.5 Å². The molecule has 0 amide bonds. The summed E-state index contributed by atoms with van der Waals surface area (Å²) in [4.78, 5) is 19.9. The van der Waals surface area contributed by atoms with Gasteiger partial charge in [-0.3, -0.25) is 9.78 Å². The Hall–Kier alpha value is -3.49. The number of benzene rings is 2. The maximum absolute atomic E-state index is 13.5. The van der Waals surface area contributed by atoms with Crippen molar-refractivity contribution >= 4 is 20.9 Å². The van der Waals surface area contributed by atoms with Crippen molar-refractivity contribution in [3.8, 4) is 5.75 Å². The van der Waals surface area contributed by atoms with Crippen LogP contribution in [-0.4, -0.2) is 29.8 Å². The zero-order chi connectivity index (χ0) is 22.7. The summed E-state index contributed by atoms with van der Waals surface area (Å²) in [5.74, 6) is 0.626. The molecule has 0 unspecified atom stereocenters. The Kier molecular flexibility index (Phi) is 6.07. The van der Waals surface area contributed by atoms with Crippen LogP contribution in [0.2, 0.25) is 0 Å². The smallest absolute Gasteiger partial charge is 0.252 e. The fraction of sp³-hybridized carbons (Fsp3) is 0.167. The van der Waals surface area contributed by atoms with Gasteiger partial charge in [-0.05, 0) is 54.3 Å². The van der Waals surface area contributed by atoms with Crippen molar-refractivity contribution in [1.29, 1.82) is 0 Å². The van der Waals surface area contributed by atoms with Gasteiger partial charge in [0.15, 0.2) is 0 Å². The van der Waals surface area contributed by atoms with E-state index in [9.17, 15) is 13.2 Å². The fourth-order valence-corrected chi connectivity index (χ4v) is 4.85. The first-order valence-corrected chi connectivity index (χ1v) is 11.5. The Bertz CT molecular complexity index is 1400. The van der Waals surface area contributed by atoms with Crippen molar-refractivity contribution in [2.24, 2.45) is 0 Å². The summed E-state index contributed by atoms with van der Waals surface area (Å²) in [5.41, 5.74) is 2.32. The lowest BCUT2D eigenvalue weighted by atomic mass is 10.1. The predicted octanol–water partition coefficient (Wildman–Crippen LogP) is 3.63. The second kappa shape index (κ2) is 8.94. The van der Waals surface area contributed by atoms with E-state index in [1.165, 1.54) is 4.31 Å². The Morgan fingerprint density at radius 3 is 2.50 bits per heavy atom. The van der Waals surface area contributed by atoms with E-state index in [2.05, 4.69) is 9.97 Å². The third-order valence-corrected chi connectivity index (χ3v) is 7.02. The van der Waals surface area contributed by atoms with Crippen molar-refractivity contribution in [3.05, 3.63) is 100 Å². The summed E-state index contributed by atoms with van der Waals surface area (Å²) in [6, 6.07) is 17.3. The second-order valence-electron chi connectivity index (χ2n) is 7.52. The average molecular weight is 450 g/mol. The standard InChI is InChI=1S/C24H23N3O4S/c1-17-5-9-22(10-6-17)32(29,30)27(15-18-4-3-11-25-14-18)16-20-12-19-7-8-21(31-2)13-23(19)26-24(20)28/h3-14H,15-16H2,1-2H3,(H,26,28). The van der Waals surface area contributed by atoms with Gasteiger partial charge in [-0.15, -0.1) is 0 Å². The van der Waals surface area contributed by atoms with Crippen LogP contribution in [-0.2, 0) is 23.1 Å². The van der Waals surface area contributed by atoms with Gasteiger partial charge < -0.3 is 9.72 Å². The van der Waals surface area contributed by atoms with Gasteiger partial charge in [0.25, 0.3) is 5.56 Å². The molecule has 0 saturated heterocycles. The van der Waals surface area contributed by atoms with Crippen LogP contribution < -0.4 is 10.3 Å². The molecule has 2 aromatic carbocycles. The van der Waals surface area contributed by atoms with Crippen LogP contribution in [0.15, 0.2) is 82.7 Å². The van der Waals surface area contributed by atoms with Crippen molar-refractivity contribution in [1.82, 2.24) is 14.3 Å². The Labute approximate surface area is 186 Å². The lowest BCUT2D eigenvalue weighted by molar-refractivity contribution is 0.399. The maximum atomic E-state index is 13.5. The number of methoxy groups -OCH3 is 1. The monoisotopic (exact) mass is 449 g/mol. The van der Waals surface area contributed by atoms with Crippen LogP contribution in [0, 0.1) is 6.92 Å². The minimum Gasteiger partial charge on any atom is -0.497 e. The number of fused-ring (bicyclic) bond motifs is 1. The molecule has 0 radical (unpaired) electrons. The number of aromatic nitrogens is 2. The van der Waals surface area contributed by atoms with Gasteiger partial charge in [0.2, 0.25) is 10.0 Å². The lowest BCUT2D eigenvalue weighted by Crippen LogP contribution is -2.32. The molecule has 8 heteroatoms. The summed E-state index contributed by atoms with van der Waals surface area (Å²) in [6.07, 6.45) is 3.25. The molecular formula is C24H23N3O4S. The molecule has 32 heavy (non-hydrogen) atoms. The van der Waals surface area contributed by atoms with E-state index in [-0.39, 0.29) is 23.5 Å². The number of rotatable bonds is 7. The predicted molar refractivity (Wildman–Crippen MR) is 123 cm³/mol. The van der Waals surface area contributed by atoms with Gasteiger partial charge in [-0.25, -0.2) is 8.42 Å². The summed E-state index contributed by atoms with van der Waals surface area (Å²) >= 11 is 0. The number of hydrogen-bond donors (Lipinski definition) is 1. The average Bonchev–Trinajstić information content (AvgIpc) is 2.79. The molecule has 2 aromatic heterocycles. The van der Waals surface area contributed by atoms with E-state index < -0.39 is 10.0 Å². The van der Waals surface area contributed by atoms with E-state index in [4.69, 9.17) is 4.74 Å². The number of aromatic amines is 1. The normalized spacial score (nSPS) is 11.7. The number of pyridine rings is 2. The summed E-state index contributed by atoms with van der Waals surface area (Å²) in [6.45, 7) is 1.90. The van der Waals surface area contributed by atoms with E-state index in [0.717, 1.165) is 16.5 Å². The van der Waals surface area contributed by atoms with Crippen LogP contribution in [0.25, 0.3) is 10.9 Å². The molecule has 0 saturated carbocycles. The second-order valence-corrected chi connectivity index (χ2v) is 9.46. The number of sulfonamides is 1. The van der Waals surface area contributed by atoms with E-state index in [1.54, 1.807) is 68.0 Å². The first kappa shape index (κ1) is 21.7.